The lowest BCUT2D eigenvalue weighted by Gasteiger charge is -2.12. The van der Waals surface area contributed by atoms with E-state index in [2.05, 4.69) is 43.4 Å². The first-order chi connectivity index (χ1) is 10.1. The molecule has 0 aliphatic heterocycles. The molecule has 1 unspecified atom stereocenters. The molecule has 4 heteroatoms. The Morgan fingerprint density at radius 3 is 2.48 bits per heavy atom. The lowest BCUT2D eigenvalue weighted by Crippen LogP contribution is -2.32. The van der Waals surface area contributed by atoms with Crippen molar-refractivity contribution in [2.75, 3.05) is 20.2 Å². The van der Waals surface area contributed by atoms with Gasteiger partial charge in [0.2, 0.25) is 5.91 Å². The number of nitrogens with one attached hydrogen (secondary N) is 1. The zero-order valence-electron chi connectivity index (χ0n) is 13.4. The van der Waals surface area contributed by atoms with Crippen LogP contribution in [0.3, 0.4) is 0 Å². The summed E-state index contributed by atoms with van der Waals surface area (Å²) in [6.45, 7) is 5.44. The lowest BCUT2D eigenvalue weighted by atomic mass is 10.0. The molecule has 0 saturated heterocycles. The van der Waals surface area contributed by atoms with E-state index in [4.69, 9.17) is 10.5 Å². The van der Waals surface area contributed by atoms with Crippen molar-refractivity contribution in [2.24, 2.45) is 5.73 Å². The predicted molar refractivity (Wildman–Crippen MR) is 86.3 cm³/mol. The summed E-state index contributed by atoms with van der Waals surface area (Å²) in [5, 5.41) is 2.91. The van der Waals surface area contributed by atoms with Crippen molar-refractivity contribution in [3.05, 3.63) is 35.4 Å². The molecular formula is C17H28N2O2. The summed E-state index contributed by atoms with van der Waals surface area (Å²) in [6.07, 6.45) is 2.06. The van der Waals surface area contributed by atoms with E-state index in [0.29, 0.717) is 25.4 Å². The maximum atomic E-state index is 11.7. The van der Waals surface area contributed by atoms with Crippen LogP contribution in [0.25, 0.3) is 0 Å². The quantitative estimate of drug-likeness (QED) is 0.686. The van der Waals surface area contributed by atoms with E-state index in [1.54, 1.807) is 7.11 Å². The first-order valence-corrected chi connectivity index (χ1v) is 7.65. The second-order valence-electron chi connectivity index (χ2n) is 5.65. The van der Waals surface area contributed by atoms with Gasteiger partial charge in [0.25, 0.3) is 0 Å². The zero-order chi connectivity index (χ0) is 15.7. The molecule has 0 bridgehead atoms. The summed E-state index contributed by atoms with van der Waals surface area (Å²) in [6, 6.07) is 8.71. The topological polar surface area (TPSA) is 64.3 Å². The minimum absolute atomic E-state index is 0.00227. The zero-order valence-corrected chi connectivity index (χ0v) is 13.4. The fourth-order valence-electron chi connectivity index (χ4n) is 2.13. The highest BCUT2D eigenvalue weighted by atomic mass is 16.5. The van der Waals surface area contributed by atoms with Gasteiger partial charge in [0, 0.05) is 20.2 Å². The molecule has 0 saturated carbocycles. The van der Waals surface area contributed by atoms with Crippen LogP contribution in [0.5, 0.6) is 0 Å². The van der Waals surface area contributed by atoms with Gasteiger partial charge in [-0.25, -0.2) is 0 Å². The highest BCUT2D eigenvalue weighted by Crippen LogP contribution is 2.15. The SMILES string of the molecule is COC(CN)CC(=O)NCCCc1ccc(C(C)C)cc1. The van der Waals surface area contributed by atoms with Crippen molar-refractivity contribution in [3.8, 4) is 0 Å². The molecule has 1 rings (SSSR count). The molecule has 1 amide bonds. The van der Waals surface area contributed by atoms with Gasteiger partial charge >= 0.3 is 0 Å². The molecule has 1 aromatic carbocycles. The van der Waals surface area contributed by atoms with E-state index in [9.17, 15) is 4.79 Å². The van der Waals surface area contributed by atoms with E-state index >= 15 is 0 Å². The monoisotopic (exact) mass is 292 g/mol. The smallest absolute Gasteiger partial charge is 0.222 e. The Morgan fingerprint density at radius 2 is 1.95 bits per heavy atom. The molecule has 3 N–H and O–H groups in total. The third-order valence-electron chi connectivity index (χ3n) is 3.62. The first-order valence-electron chi connectivity index (χ1n) is 7.65. The number of aryl methyl sites for hydroxylation is 1. The largest absolute Gasteiger partial charge is 0.380 e. The number of hydrogen-bond acceptors (Lipinski definition) is 3. The average Bonchev–Trinajstić information content (AvgIpc) is 2.49. The standard InChI is InChI=1S/C17H28N2O2/c1-13(2)15-8-6-14(7-9-15)5-4-10-19-17(20)11-16(12-18)21-3/h6-9,13,16H,4-5,10-12,18H2,1-3H3,(H,19,20). The van der Waals surface area contributed by atoms with E-state index < -0.39 is 0 Å². The predicted octanol–water partition coefficient (Wildman–Crippen LogP) is 2.22. The molecule has 1 atom stereocenters. The Hall–Kier alpha value is -1.39. The Morgan fingerprint density at radius 1 is 1.29 bits per heavy atom. The summed E-state index contributed by atoms with van der Waals surface area (Å²) >= 11 is 0. The molecule has 118 valence electrons. The lowest BCUT2D eigenvalue weighted by molar-refractivity contribution is -0.123. The number of hydrogen-bond donors (Lipinski definition) is 2. The number of ether oxygens (including phenoxy) is 1. The molecule has 4 nitrogen and oxygen atoms in total. The molecule has 1 aromatic rings. The van der Waals surface area contributed by atoms with Crippen LogP contribution in [-0.4, -0.2) is 32.2 Å². The second-order valence-corrected chi connectivity index (χ2v) is 5.65. The minimum atomic E-state index is -0.187. The van der Waals surface area contributed by atoms with E-state index in [-0.39, 0.29) is 12.0 Å². The Labute approximate surface area is 128 Å². The van der Waals surface area contributed by atoms with Crippen LogP contribution in [0.15, 0.2) is 24.3 Å². The van der Waals surface area contributed by atoms with Gasteiger partial charge in [-0.1, -0.05) is 38.1 Å². The van der Waals surface area contributed by atoms with Crippen LogP contribution in [0.1, 0.15) is 43.7 Å². The molecule has 0 fully saturated rings. The molecule has 0 aliphatic rings. The Balaban J connectivity index is 2.23. The molecule has 0 heterocycles. The van der Waals surface area contributed by atoms with E-state index in [1.807, 2.05) is 0 Å². The Kier molecular flexibility index (Phi) is 8.01. The van der Waals surface area contributed by atoms with Gasteiger partial charge in [0.1, 0.15) is 0 Å². The Bertz CT molecular complexity index is 411. The summed E-state index contributed by atoms with van der Waals surface area (Å²) < 4.78 is 5.09. The van der Waals surface area contributed by atoms with Gasteiger partial charge in [-0.2, -0.15) is 0 Å². The van der Waals surface area contributed by atoms with E-state index in [0.717, 1.165) is 12.8 Å². The van der Waals surface area contributed by atoms with Crippen LogP contribution < -0.4 is 11.1 Å². The molecule has 0 aliphatic carbocycles. The molecule has 0 aromatic heterocycles. The number of amides is 1. The van der Waals surface area contributed by atoms with E-state index in [1.165, 1.54) is 11.1 Å². The minimum Gasteiger partial charge on any atom is -0.380 e. The summed E-state index contributed by atoms with van der Waals surface area (Å²) in [7, 11) is 1.58. The number of rotatable bonds is 9. The van der Waals surface area contributed by atoms with Crippen molar-refractivity contribution in [3.63, 3.8) is 0 Å². The third kappa shape index (κ3) is 6.74. The first kappa shape index (κ1) is 17.7. The van der Waals surface area contributed by atoms with Crippen molar-refractivity contribution in [1.82, 2.24) is 5.32 Å². The molecular weight excluding hydrogens is 264 g/mol. The maximum Gasteiger partial charge on any atom is 0.222 e. The summed E-state index contributed by atoms with van der Waals surface area (Å²) in [5.41, 5.74) is 8.16. The van der Waals surface area contributed by atoms with Crippen LogP contribution >= 0.6 is 0 Å². The van der Waals surface area contributed by atoms with Crippen LogP contribution in [0, 0.1) is 0 Å². The van der Waals surface area contributed by atoms with Gasteiger partial charge in [-0.3, -0.25) is 4.79 Å². The van der Waals surface area contributed by atoms with Crippen molar-refractivity contribution >= 4 is 5.91 Å². The van der Waals surface area contributed by atoms with Gasteiger partial charge < -0.3 is 15.8 Å². The number of carbonyl (C=O) groups excluding carboxylic acids is 1. The van der Waals surface area contributed by atoms with Crippen molar-refractivity contribution < 1.29 is 9.53 Å². The maximum absolute atomic E-state index is 11.7. The molecule has 0 spiro atoms. The van der Waals surface area contributed by atoms with Crippen molar-refractivity contribution in [2.45, 2.75) is 45.1 Å². The normalized spacial score (nSPS) is 12.4. The number of methoxy groups -OCH3 is 1. The summed E-state index contributed by atoms with van der Waals surface area (Å²) in [5.74, 6) is 0.567. The number of carbonyl (C=O) groups is 1. The third-order valence-corrected chi connectivity index (χ3v) is 3.62. The van der Waals surface area contributed by atoms with Gasteiger partial charge in [0.05, 0.1) is 12.5 Å². The van der Waals surface area contributed by atoms with Crippen LogP contribution in [-0.2, 0) is 16.0 Å². The highest BCUT2D eigenvalue weighted by molar-refractivity contribution is 5.76. The molecule has 0 radical (unpaired) electrons. The number of nitrogens with two attached hydrogens (primary N) is 1. The summed E-state index contributed by atoms with van der Waals surface area (Å²) in [4.78, 5) is 11.7. The van der Waals surface area contributed by atoms with Crippen molar-refractivity contribution in [1.29, 1.82) is 0 Å². The van der Waals surface area contributed by atoms with Crippen LogP contribution in [0.2, 0.25) is 0 Å². The highest BCUT2D eigenvalue weighted by Gasteiger charge is 2.10. The second kappa shape index (κ2) is 9.53. The fraction of sp³-hybridized carbons (Fsp3) is 0.588. The van der Waals surface area contributed by atoms with Gasteiger partial charge in [0.15, 0.2) is 0 Å². The average molecular weight is 292 g/mol. The fourth-order valence-corrected chi connectivity index (χ4v) is 2.13. The molecule has 21 heavy (non-hydrogen) atoms. The van der Waals surface area contributed by atoms with Crippen LogP contribution in [0.4, 0.5) is 0 Å². The number of benzene rings is 1. The van der Waals surface area contributed by atoms with Gasteiger partial charge in [-0.15, -0.1) is 0 Å². The van der Waals surface area contributed by atoms with Gasteiger partial charge in [-0.05, 0) is 29.9 Å².